The van der Waals surface area contributed by atoms with Gasteiger partial charge in [0.15, 0.2) is 5.60 Å². The Morgan fingerprint density at radius 3 is 2.63 bits per heavy atom. The van der Waals surface area contributed by atoms with E-state index >= 15 is 0 Å². The molecule has 3 rings (SSSR count). The van der Waals surface area contributed by atoms with Crippen LogP contribution in [0.1, 0.15) is 56.6 Å². The van der Waals surface area contributed by atoms with Crippen LogP contribution < -0.4 is 10.6 Å². The topological polar surface area (TPSA) is 81.7 Å². The van der Waals surface area contributed by atoms with Crippen LogP contribution in [0.25, 0.3) is 0 Å². The molecule has 6 nitrogen and oxygen atoms in total. The second-order valence-electron chi connectivity index (χ2n) is 8.20. The molecule has 1 atom stereocenters. The number of carbonyl (C=O) groups is 2. The molecule has 148 valence electrons. The summed E-state index contributed by atoms with van der Waals surface area (Å²) in [7, 11) is 0. The van der Waals surface area contributed by atoms with Gasteiger partial charge in [-0.2, -0.15) is 0 Å². The van der Waals surface area contributed by atoms with E-state index in [9.17, 15) is 14.7 Å². The van der Waals surface area contributed by atoms with Gasteiger partial charge in [0.1, 0.15) is 0 Å². The highest BCUT2D eigenvalue weighted by Crippen LogP contribution is 2.24. The van der Waals surface area contributed by atoms with Crippen molar-refractivity contribution in [2.24, 2.45) is 0 Å². The Balaban J connectivity index is 1.52. The van der Waals surface area contributed by atoms with Crippen LogP contribution in [-0.4, -0.2) is 53.1 Å². The molecule has 0 unspecified atom stereocenters. The van der Waals surface area contributed by atoms with E-state index in [0.717, 1.165) is 24.8 Å². The van der Waals surface area contributed by atoms with Crippen LogP contribution in [0, 0.1) is 0 Å². The Kier molecular flexibility index (Phi) is 6.17. The molecule has 2 amide bonds. The monoisotopic (exact) mass is 373 g/mol. The molecule has 3 N–H and O–H groups in total. The number of benzene rings is 1. The van der Waals surface area contributed by atoms with Gasteiger partial charge in [-0.15, -0.1) is 0 Å². The number of nitrogens with one attached hydrogen (secondary N) is 2. The summed E-state index contributed by atoms with van der Waals surface area (Å²) in [5, 5.41) is 16.7. The number of piperidine rings is 1. The molecule has 1 aromatic carbocycles. The van der Waals surface area contributed by atoms with Gasteiger partial charge in [-0.25, -0.2) is 0 Å². The van der Waals surface area contributed by atoms with Crippen LogP contribution in [-0.2, 0) is 16.1 Å². The number of amides is 2. The van der Waals surface area contributed by atoms with Crippen molar-refractivity contribution in [3.05, 3.63) is 35.4 Å². The van der Waals surface area contributed by atoms with Crippen LogP contribution in [0.3, 0.4) is 0 Å². The minimum atomic E-state index is -1.43. The third kappa shape index (κ3) is 5.30. The molecule has 1 saturated heterocycles. The van der Waals surface area contributed by atoms with Crippen molar-refractivity contribution in [1.82, 2.24) is 15.5 Å². The van der Waals surface area contributed by atoms with Gasteiger partial charge in [0.25, 0.3) is 5.91 Å². The molecule has 0 radical (unpaired) electrons. The fraction of sp³-hybridized carbons (Fsp3) is 0.619. The number of hydrogen-bond acceptors (Lipinski definition) is 4. The first-order chi connectivity index (χ1) is 12.9. The maximum atomic E-state index is 12.8. The van der Waals surface area contributed by atoms with Crippen molar-refractivity contribution in [3.8, 4) is 0 Å². The quantitative estimate of drug-likeness (QED) is 0.646. The number of rotatable bonds is 8. The number of likely N-dealkylation sites (tertiary alicyclic amines) is 1. The van der Waals surface area contributed by atoms with Crippen LogP contribution in [0.2, 0.25) is 0 Å². The lowest BCUT2D eigenvalue weighted by Crippen LogP contribution is -2.58. The maximum Gasteiger partial charge on any atom is 0.256 e. The van der Waals surface area contributed by atoms with Gasteiger partial charge in [-0.3, -0.25) is 9.59 Å². The van der Waals surface area contributed by atoms with Gasteiger partial charge in [-0.05, 0) is 42.7 Å². The maximum absolute atomic E-state index is 12.8. The summed E-state index contributed by atoms with van der Waals surface area (Å²) in [4.78, 5) is 26.3. The zero-order valence-electron chi connectivity index (χ0n) is 16.3. The molecular weight excluding hydrogens is 342 g/mol. The summed E-state index contributed by atoms with van der Waals surface area (Å²) >= 11 is 0. The van der Waals surface area contributed by atoms with E-state index in [-0.39, 0.29) is 24.9 Å². The Bertz CT molecular complexity index is 670. The van der Waals surface area contributed by atoms with Crippen molar-refractivity contribution >= 4 is 11.8 Å². The van der Waals surface area contributed by atoms with Crippen molar-refractivity contribution in [3.63, 3.8) is 0 Å². The van der Waals surface area contributed by atoms with E-state index in [2.05, 4.69) is 48.7 Å². The van der Waals surface area contributed by atoms with Crippen LogP contribution in [0.4, 0.5) is 0 Å². The summed E-state index contributed by atoms with van der Waals surface area (Å²) in [5.41, 5.74) is 0.901. The van der Waals surface area contributed by atoms with Crippen molar-refractivity contribution in [2.75, 3.05) is 19.6 Å². The molecule has 2 aliphatic rings. The van der Waals surface area contributed by atoms with E-state index in [1.807, 2.05) is 0 Å². The highest BCUT2D eigenvalue weighted by atomic mass is 16.3. The summed E-state index contributed by atoms with van der Waals surface area (Å²) in [6, 6.07) is 8.62. The Morgan fingerprint density at radius 2 is 2.00 bits per heavy atom. The summed E-state index contributed by atoms with van der Waals surface area (Å²) in [6.45, 7) is 5.69. The molecule has 0 spiro atoms. The molecule has 1 aromatic rings. The van der Waals surface area contributed by atoms with Gasteiger partial charge in [0, 0.05) is 25.7 Å². The fourth-order valence-corrected chi connectivity index (χ4v) is 3.50. The normalized spacial score (nSPS) is 23.0. The Labute approximate surface area is 161 Å². The third-order valence-corrected chi connectivity index (χ3v) is 5.37. The number of aliphatic hydroxyl groups is 1. The summed E-state index contributed by atoms with van der Waals surface area (Å²) in [6.07, 6.45) is 3.26. The molecule has 2 fully saturated rings. The largest absolute Gasteiger partial charge is 0.379 e. The molecule has 0 aromatic heterocycles. The average Bonchev–Trinajstić information content (AvgIpc) is 3.43. The van der Waals surface area contributed by atoms with E-state index in [4.69, 9.17) is 0 Å². The predicted octanol–water partition coefficient (Wildman–Crippen LogP) is 1.53. The van der Waals surface area contributed by atoms with Crippen LogP contribution in [0.5, 0.6) is 0 Å². The number of hydrogen-bond donors (Lipinski definition) is 3. The fourth-order valence-electron chi connectivity index (χ4n) is 3.50. The van der Waals surface area contributed by atoms with Crippen LogP contribution >= 0.6 is 0 Å². The minimum Gasteiger partial charge on any atom is -0.379 e. The standard InChI is InChI=1S/C21H31N3O3/c1-15(2)17-6-4-16(5-7-17)13-24-11-3-10-21(27,20(24)26)14-22-12-19(25)23-18-8-9-18/h4-7,15,18,22,27H,3,8-14H2,1-2H3,(H,23,25)/t21-/m1/s1. The lowest BCUT2D eigenvalue weighted by Gasteiger charge is -2.38. The smallest absolute Gasteiger partial charge is 0.256 e. The molecule has 0 bridgehead atoms. The van der Waals surface area contributed by atoms with Gasteiger partial charge < -0.3 is 20.6 Å². The first-order valence-electron chi connectivity index (χ1n) is 9.98. The van der Waals surface area contributed by atoms with Gasteiger partial charge in [0.05, 0.1) is 6.54 Å². The Hall–Kier alpha value is -1.92. The predicted molar refractivity (Wildman–Crippen MR) is 104 cm³/mol. The van der Waals surface area contributed by atoms with E-state index in [1.165, 1.54) is 5.56 Å². The zero-order valence-corrected chi connectivity index (χ0v) is 16.3. The van der Waals surface area contributed by atoms with Crippen molar-refractivity contribution in [2.45, 2.75) is 63.6 Å². The molecule has 1 aliphatic carbocycles. The van der Waals surface area contributed by atoms with Gasteiger partial charge in [0.2, 0.25) is 5.91 Å². The Morgan fingerprint density at radius 1 is 1.30 bits per heavy atom. The molecule has 27 heavy (non-hydrogen) atoms. The average molecular weight is 373 g/mol. The summed E-state index contributed by atoms with van der Waals surface area (Å²) < 4.78 is 0. The molecule has 1 aliphatic heterocycles. The zero-order chi connectivity index (χ0) is 19.4. The lowest BCUT2D eigenvalue weighted by atomic mass is 9.91. The summed E-state index contributed by atoms with van der Waals surface area (Å²) in [5.74, 6) is 0.146. The third-order valence-electron chi connectivity index (χ3n) is 5.37. The highest BCUT2D eigenvalue weighted by molar-refractivity contribution is 5.86. The van der Waals surface area contributed by atoms with Gasteiger partial charge >= 0.3 is 0 Å². The molecule has 6 heteroatoms. The number of nitrogens with zero attached hydrogens (tertiary/aromatic N) is 1. The van der Waals surface area contributed by atoms with Gasteiger partial charge in [-0.1, -0.05) is 38.1 Å². The van der Waals surface area contributed by atoms with E-state index < -0.39 is 5.60 Å². The van der Waals surface area contributed by atoms with Crippen molar-refractivity contribution in [1.29, 1.82) is 0 Å². The minimum absolute atomic E-state index is 0.0774. The first-order valence-corrected chi connectivity index (χ1v) is 9.98. The van der Waals surface area contributed by atoms with E-state index in [1.54, 1.807) is 4.90 Å². The van der Waals surface area contributed by atoms with Crippen LogP contribution in [0.15, 0.2) is 24.3 Å². The second kappa shape index (κ2) is 8.40. The number of carbonyl (C=O) groups excluding carboxylic acids is 2. The molecule has 1 saturated carbocycles. The van der Waals surface area contributed by atoms with E-state index in [0.29, 0.717) is 31.5 Å². The second-order valence-corrected chi connectivity index (χ2v) is 8.20. The first kappa shape index (κ1) is 19.8. The molecular formula is C21H31N3O3. The highest BCUT2D eigenvalue weighted by Gasteiger charge is 2.41. The SMILES string of the molecule is CC(C)c1ccc(CN2CCC[C@@](O)(CNCC(=O)NC3CC3)C2=O)cc1. The molecule has 1 heterocycles. The van der Waals surface area contributed by atoms with Crippen molar-refractivity contribution < 1.29 is 14.7 Å². The lowest BCUT2D eigenvalue weighted by molar-refractivity contribution is -0.157.